The van der Waals surface area contributed by atoms with Crippen LogP contribution >= 0.6 is 23.2 Å². The molecule has 2 rings (SSSR count). The topological polar surface area (TPSA) is 33.8 Å². The van der Waals surface area contributed by atoms with Crippen LogP contribution in [0.1, 0.15) is 10.4 Å². The average Bonchev–Trinajstić information content (AvgIpc) is 2.29. The maximum atomic E-state index is 11.9. The molecule has 2 aromatic rings. The van der Waals surface area contributed by atoms with Crippen LogP contribution in [-0.4, -0.2) is 10.8 Å². The molecule has 0 fully saturated rings. The lowest BCUT2D eigenvalue weighted by Crippen LogP contribution is -2.37. The van der Waals surface area contributed by atoms with Crippen LogP contribution in [-0.2, 0) is 6.54 Å². The SMILES string of the molecule is O=C(C[n+]1cncc(Cl)c1)c1ccc(Cl)cc1. The van der Waals surface area contributed by atoms with E-state index in [2.05, 4.69) is 4.98 Å². The van der Waals surface area contributed by atoms with E-state index in [9.17, 15) is 4.79 Å². The summed E-state index contributed by atoms with van der Waals surface area (Å²) in [4.78, 5) is 15.8. The Morgan fingerprint density at radius 1 is 1.18 bits per heavy atom. The highest BCUT2D eigenvalue weighted by Crippen LogP contribution is 2.10. The molecule has 86 valence electrons. The number of carbonyl (C=O) groups is 1. The number of Topliss-reactive ketones (excluding diaryl/α,β-unsaturated/α-hetero) is 1. The van der Waals surface area contributed by atoms with Crippen LogP contribution in [0, 0.1) is 0 Å². The highest BCUT2D eigenvalue weighted by atomic mass is 35.5. The number of carbonyl (C=O) groups excluding carboxylic acids is 1. The van der Waals surface area contributed by atoms with E-state index in [-0.39, 0.29) is 12.3 Å². The first-order chi connectivity index (χ1) is 8.15. The Kier molecular flexibility index (Phi) is 3.71. The predicted molar refractivity (Wildman–Crippen MR) is 65.2 cm³/mol. The van der Waals surface area contributed by atoms with Gasteiger partial charge in [0.1, 0.15) is 11.2 Å². The molecule has 0 spiro atoms. The molecular weight excluding hydrogens is 259 g/mol. The Hall–Kier alpha value is -1.45. The highest BCUT2D eigenvalue weighted by Gasteiger charge is 2.10. The lowest BCUT2D eigenvalue weighted by Gasteiger charge is -2.00. The van der Waals surface area contributed by atoms with E-state index in [1.165, 1.54) is 6.20 Å². The number of benzene rings is 1. The van der Waals surface area contributed by atoms with Gasteiger partial charge in [0.05, 0.1) is 0 Å². The number of hydrogen-bond donors (Lipinski definition) is 0. The fourth-order valence-electron chi connectivity index (χ4n) is 1.39. The molecule has 5 heteroatoms. The van der Waals surface area contributed by atoms with Crippen molar-refractivity contribution in [2.24, 2.45) is 0 Å². The van der Waals surface area contributed by atoms with Gasteiger partial charge in [-0.25, -0.2) is 4.57 Å². The monoisotopic (exact) mass is 267 g/mol. The van der Waals surface area contributed by atoms with Crippen molar-refractivity contribution in [1.82, 2.24) is 4.98 Å². The van der Waals surface area contributed by atoms with Crippen LogP contribution in [0.15, 0.2) is 43.0 Å². The third kappa shape index (κ3) is 3.25. The molecule has 0 saturated heterocycles. The van der Waals surface area contributed by atoms with E-state index in [0.29, 0.717) is 15.6 Å². The summed E-state index contributed by atoms with van der Waals surface area (Å²) in [6.07, 6.45) is 4.73. The van der Waals surface area contributed by atoms with Crippen molar-refractivity contribution in [1.29, 1.82) is 0 Å². The van der Waals surface area contributed by atoms with Gasteiger partial charge in [-0.3, -0.25) is 4.79 Å². The molecule has 0 radical (unpaired) electrons. The molecule has 0 atom stereocenters. The lowest BCUT2D eigenvalue weighted by molar-refractivity contribution is -0.686. The number of aromatic nitrogens is 2. The third-order valence-corrected chi connectivity index (χ3v) is 2.64. The van der Waals surface area contributed by atoms with E-state index in [4.69, 9.17) is 23.2 Å². The maximum absolute atomic E-state index is 11.9. The molecule has 0 bridgehead atoms. The lowest BCUT2D eigenvalue weighted by atomic mass is 10.1. The summed E-state index contributed by atoms with van der Waals surface area (Å²) >= 11 is 11.5. The van der Waals surface area contributed by atoms with Crippen LogP contribution in [0.25, 0.3) is 0 Å². The van der Waals surface area contributed by atoms with Crippen LogP contribution in [0.4, 0.5) is 0 Å². The molecule has 17 heavy (non-hydrogen) atoms. The van der Waals surface area contributed by atoms with E-state index >= 15 is 0 Å². The van der Waals surface area contributed by atoms with Gasteiger partial charge < -0.3 is 0 Å². The quantitative estimate of drug-likeness (QED) is 0.633. The summed E-state index contributed by atoms with van der Waals surface area (Å²) in [6, 6.07) is 6.78. The first-order valence-electron chi connectivity index (χ1n) is 4.93. The molecule has 0 aliphatic rings. The third-order valence-electron chi connectivity index (χ3n) is 2.19. The zero-order valence-electron chi connectivity index (χ0n) is 8.81. The first-order valence-corrected chi connectivity index (χ1v) is 5.69. The van der Waals surface area contributed by atoms with Gasteiger partial charge >= 0.3 is 0 Å². The molecule has 1 heterocycles. The molecule has 0 amide bonds. The van der Waals surface area contributed by atoms with Gasteiger partial charge in [0.15, 0.2) is 12.7 Å². The van der Waals surface area contributed by atoms with Crippen LogP contribution in [0.3, 0.4) is 0 Å². The fourth-order valence-corrected chi connectivity index (χ4v) is 1.70. The van der Waals surface area contributed by atoms with Crippen molar-refractivity contribution in [3.63, 3.8) is 0 Å². The maximum Gasteiger partial charge on any atom is 0.286 e. The number of hydrogen-bond acceptors (Lipinski definition) is 2. The minimum absolute atomic E-state index is 0.0178. The average molecular weight is 268 g/mol. The Labute approximate surface area is 109 Å². The summed E-state index contributed by atoms with van der Waals surface area (Å²) in [5.41, 5.74) is 0.613. The number of nitrogens with zero attached hydrogens (tertiary/aromatic N) is 2. The number of halogens is 2. The van der Waals surface area contributed by atoms with Gasteiger partial charge in [0.25, 0.3) is 6.33 Å². The Bertz CT molecular complexity index is 540. The first kappa shape index (κ1) is 12.0. The van der Waals surface area contributed by atoms with Crippen molar-refractivity contribution in [3.05, 3.63) is 58.6 Å². The van der Waals surface area contributed by atoms with Gasteiger partial charge in [-0.05, 0) is 24.3 Å². The van der Waals surface area contributed by atoms with E-state index in [1.54, 1.807) is 41.4 Å². The normalized spacial score (nSPS) is 10.2. The minimum atomic E-state index is -0.0178. The molecule has 0 saturated carbocycles. The molecule has 1 aromatic carbocycles. The van der Waals surface area contributed by atoms with Gasteiger partial charge in [-0.2, -0.15) is 0 Å². The Morgan fingerprint density at radius 3 is 2.53 bits per heavy atom. The molecule has 3 nitrogen and oxygen atoms in total. The van der Waals surface area contributed by atoms with Crippen molar-refractivity contribution in [3.8, 4) is 0 Å². The minimum Gasteiger partial charge on any atom is -0.290 e. The van der Waals surface area contributed by atoms with Crippen molar-refractivity contribution >= 4 is 29.0 Å². The highest BCUT2D eigenvalue weighted by molar-refractivity contribution is 6.30. The van der Waals surface area contributed by atoms with Gasteiger partial charge in [0, 0.05) is 10.6 Å². The summed E-state index contributed by atoms with van der Waals surface area (Å²) in [7, 11) is 0. The second-order valence-electron chi connectivity index (χ2n) is 3.51. The molecule has 0 aliphatic carbocycles. The molecule has 0 N–H and O–H groups in total. The largest absolute Gasteiger partial charge is 0.290 e. The molecular formula is C12H9Cl2N2O+. The zero-order valence-corrected chi connectivity index (χ0v) is 10.3. The van der Waals surface area contributed by atoms with Gasteiger partial charge in [-0.15, -0.1) is 0 Å². The van der Waals surface area contributed by atoms with E-state index in [1.807, 2.05) is 0 Å². The van der Waals surface area contributed by atoms with E-state index < -0.39 is 0 Å². The summed E-state index contributed by atoms with van der Waals surface area (Å²) < 4.78 is 1.64. The second-order valence-corrected chi connectivity index (χ2v) is 4.38. The fraction of sp³-hybridized carbons (Fsp3) is 0.0833. The molecule has 0 unspecified atom stereocenters. The predicted octanol–water partition coefficient (Wildman–Crippen LogP) is 2.56. The van der Waals surface area contributed by atoms with E-state index in [0.717, 1.165) is 0 Å². The summed E-state index contributed by atoms with van der Waals surface area (Å²) in [5.74, 6) is -0.0178. The van der Waals surface area contributed by atoms with Crippen molar-refractivity contribution in [2.45, 2.75) is 6.54 Å². The van der Waals surface area contributed by atoms with Crippen molar-refractivity contribution in [2.75, 3.05) is 0 Å². The van der Waals surface area contributed by atoms with Gasteiger partial charge in [-0.1, -0.05) is 28.2 Å². The zero-order chi connectivity index (χ0) is 12.3. The Morgan fingerprint density at radius 2 is 1.88 bits per heavy atom. The smallest absolute Gasteiger partial charge is 0.286 e. The summed E-state index contributed by atoms with van der Waals surface area (Å²) in [6.45, 7) is 0.204. The number of ketones is 1. The van der Waals surface area contributed by atoms with Gasteiger partial charge in [0.2, 0.25) is 5.78 Å². The molecule has 0 aliphatic heterocycles. The standard InChI is InChI=1S/C12H9Cl2N2O/c13-10-3-1-9(2-4-10)12(17)7-16-6-11(14)5-15-8-16/h1-6,8H,7H2/q+1. The number of rotatable bonds is 3. The van der Waals surface area contributed by atoms with Crippen LogP contribution in [0.5, 0.6) is 0 Å². The summed E-state index contributed by atoms with van der Waals surface area (Å²) in [5, 5.41) is 1.11. The second kappa shape index (κ2) is 5.25. The van der Waals surface area contributed by atoms with Crippen molar-refractivity contribution < 1.29 is 9.36 Å². The van der Waals surface area contributed by atoms with Crippen LogP contribution in [0.2, 0.25) is 10.0 Å². The molecule has 1 aromatic heterocycles. The van der Waals surface area contributed by atoms with Crippen LogP contribution < -0.4 is 4.57 Å². The Balaban J connectivity index is 2.14.